The first kappa shape index (κ1) is 11.9. The van der Waals surface area contributed by atoms with Crippen LogP contribution in [0, 0.1) is 0 Å². The monoisotopic (exact) mass is 188 g/mol. The normalized spacial score (nSPS) is 14.7. The molecule has 0 spiro atoms. The maximum Gasteiger partial charge on any atom is 0.252 e. The molecule has 0 rings (SSSR count). The average molecular weight is 188 g/mol. The SMILES string of the molecule is CCC(C)(OC)C(=O)NCC(N)=O. The van der Waals surface area contributed by atoms with E-state index >= 15 is 0 Å². The largest absolute Gasteiger partial charge is 0.369 e. The van der Waals surface area contributed by atoms with E-state index in [0.717, 1.165) is 0 Å². The molecule has 0 fully saturated rings. The second kappa shape index (κ2) is 4.81. The summed E-state index contributed by atoms with van der Waals surface area (Å²) in [5.74, 6) is -0.890. The average Bonchev–Trinajstić information content (AvgIpc) is 2.12. The first-order valence-corrected chi connectivity index (χ1v) is 4.08. The van der Waals surface area contributed by atoms with Crippen LogP contribution in [0.15, 0.2) is 0 Å². The summed E-state index contributed by atoms with van der Waals surface area (Å²) in [6.07, 6.45) is 0.536. The van der Waals surface area contributed by atoms with Crippen molar-refractivity contribution >= 4 is 11.8 Å². The minimum atomic E-state index is -0.880. The molecular formula is C8H16N2O3. The fourth-order valence-corrected chi connectivity index (χ4v) is 0.752. The van der Waals surface area contributed by atoms with Crippen LogP contribution < -0.4 is 11.1 Å². The summed E-state index contributed by atoms with van der Waals surface area (Å²) in [6.45, 7) is 3.33. The molecule has 0 saturated carbocycles. The van der Waals surface area contributed by atoms with E-state index in [1.165, 1.54) is 7.11 Å². The topological polar surface area (TPSA) is 81.4 Å². The van der Waals surface area contributed by atoms with Crippen molar-refractivity contribution < 1.29 is 14.3 Å². The van der Waals surface area contributed by atoms with E-state index in [1.807, 2.05) is 6.92 Å². The zero-order valence-electron chi connectivity index (χ0n) is 8.22. The van der Waals surface area contributed by atoms with Crippen molar-refractivity contribution in [3.05, 3.63) is 0 Å². The van der Waals surface area contributed by atoms with Gasteiger partial charge in [-0.15, -0.1) is 0 Å². The third kappa shape index (κ3) is 3.42. The summed E-state index contributed by atoms with van der Waals surface area (Å²) < 4.78 is 5.02. The van der Waals surface area contributed by atoms with Gasteiger partial charge in [-0.3, -0.25) is 9.59 Å². The molecule has 0 aliphatic heterocycles. The molecule has 0 radical (unpaired) electrons. The number of primary amides is 1. The second-order valence-corrected chi connectivity index (χ2v) is 2.94. The highest BCUT2D eigenvalue weighted by Gasteiger charge is 2.30. The van der Waals surface area contributed by atoms with Gasteiger partial charge >= 0.3 is 0 Å². The van der Waals surface area contributed by atoms with Gasteiger partial charge in [0.1, 0.15) is 5.60 Å². The van der Waals surface area contributed by atoms with Gasteiger partial charge in [-0.05, 0) is 13.3 Å². The summed E-state index contributed by atoms with van der Waals surface area (Å²) in [5.41, 5.74) is 3.99. The van der Waals surface area contributed by atoms with Crippen LogP contribution in [-0.2, 0) is 14.3 Å². The van der Waals surface area contributed by atoms with Gasteiger partial charge < -0.3 is 15.8 Å². The van der Waals surface area contributed by atoms with E-state index in [-0.39, 0.29) is 12.5 Å². The Morgan fingerprint density at radius 2 is 2.08 bits per heavy atom. The van der Waals surface area contributed by atoms with E-state index in [4.69, 9.17) is 10.5 Å². The number of hydrogen-bond donors (Lipinski definition) is 2. The molecule has 0 aromatic heterocycles. The highest BCUT2D eigenvalue weighted by molar-refractivity contribution is 5.88. The fraction of sp³-hybridized carbons (Fsp3) is 0.750. The number of methoxy groups -OCH3 is 1. The number of hydrogen-bond acceptors (Lipinski definition) is 3. The summed E-state index contributed by atoms with van der Waals surface area (Å²) in [6, 6.07) is 0. The van der Waals surface area contributed by atoms with Gasteiger partial charge in [0.2, 0.25) is 5.91 Å². The molecular weight excluding hydrogens is 172 g/mol. The van der Waals surface area contributed by atoms with Crippen LogP contribution in [0.1, 0.15) is 20.3 Å². The lowest BCUT2D eigenvalue weighted by Gasteiger charge is -2.24. The Morgan fingerprint density at radius 3 is 2.38 bits per heavy atom. The predicted octanol–water partition coefficient (Wildman–Crippen LogP) is -0.597. The Bertz CT molecular complexity index is 200. The molecule has 0 aliphatic carbocycles. The van der Waals surface area contributed by atoms with Gasteiger partial charge in [0.15, 0.2) is 0 Å². The third-order valence-corrected chi connectivity index (χ3v) is 2.03. The van der Waals surface area contributed by atoms with Crippen LogP contribution in [0.4, 0.5) is 0 Å². The highest BCUT2D eigenvalue weighted by atomic mass is 16.5. The van der Waals surface area contributed by atoms with E-state index in [1.54, 1.807) is 6.92 Å². The molecule has 13 heavy (non-hydrogen) atoms. The molecule has 0 aromatic rings. The molecule has 0 aliphatic rings. The maximum atomic E-state index is 11.4. The molecule has 76 valence electrons. The molecule has 5 heteroatoms. The fourth-order valence-electron chi connectivity index (χ4n) is 0.752. The zero-order valence-corrected chi connectivity index (χ0v) is 8.22. The summed E-state index contributed by atoms with van der Waals surface area (Å²) in [7, 11) is 1.45. The van der Waals surface area contributed by atoms with Crippen molar-refractivity contribution in [3.8, 4) is 0 Å². The van der Waals surface area contributed by atoms with Gasteiger partial charge in [0, 0.05) is 7.11 Å². The van der Waals surface area contributed by atoms with Crippen molar-refractivity contribution in [2.75, 3.05) is 13.7 Å². The molecule has 0 saturated heterocycles. The Balaban J connectivity index is 4.15. The molecule has 0 bridgehead atoms. The Morgan fingerprint density at radius 1 is 1.54 bits per heavy atom. The van der Waals surface area contributed by atoms with Gasteiger partial charge in [-0.2, -0.15) is 0 Å². The van der Waals surface area contributed by atoms with Gasteiger partial charge in [-0.1, -0.05) is 6.92 Å². The van der Waals surface area contributed by atoms with Crippen molar-refractivity contribution in [2.45, 2.75) is 25.9 Å². The number of carbonyl (C=O) groups is 2. The summed E-state index contributed by atoms with van der Waals surface area (Å²) in [4.78, 5) is 21.8. The molecule has 5 nitrogen and oxygen atoms in total. The number of carbonyl (C=O) groups excluding carboxylic acids is 2. The Kier molecular flexibility index (Phi) is 4.40. The van der Waals surface area contributed by atoms with E-state index in [2.05, 4.69) is 5.32 Å². The number of nitrogens with two attached hydrogens (primary N) is 1. The van der Waals surface area contributed by atoms with Crippen molar-refractivity contribution in [1.82, 2.24) is 5.32 Å². The number of rotatable bonds is 5. The molecule has 0 aromatic carbocycles. The second-order valence-electron chi connectivity index (χ2n) is 2.94. The zero-order chi connectivity index (χ0) is 10.5. The lowest BCUT2D eigenvalue weighted by Crippen LogP contribution is -2.47. The maximum absolute atomic E-state index is 11.4. The van der Waals surface area contributed by atoms with Crippen LogP contribution in [0.25, 0.3) is 0 Å². The van der Waals surface area contributed by atoms with Gasteiger partial charge in [0.05, 0.1) is 6.54 Å². The van der Waals surface area contributed by atoms with Crippen molar-refractivity contribution in [2.24, 2.45) is 5.73 Å². The minimum absolute atomic E-state index is 0.155. The van der Waals surface area contributed by atoms with Gasteiger partial charge in [0.25, 0.3) is 5.91 Å². The highest BCUT2D eigenvalue weighted by Crippen LogP contribution is 2.13. The van der Waals surface area contributed by atoms with Crippen molar-refractivity contribution in [1.29, 1.82) is 0 Å². The lowest BCUT2D eigenvalue weighted by atomic mass is 10.0. The smallest absolute Gasteiger partial charge is 0.252 e. The van der Waals surface area contributed by atoms with E-state index < -0.39 is 11.5 Å². The van der Waals surface area contributed by atoms with Crippen LogP contribution in [0.3, 0.4) is 0 Å². The Labute approximate surface area is 77.6 Å². The van der Waals surface area contributed by atoms with E-state index in [0.29, 0.717) is 6.42 Å². The van der Waals surface area contributed by atoms with Crippen LogP contribution in [-0.4, -0.2) is 31.1 Å². The molecule has 1 atom stereocenters. The molecule has 3 N–H and O–H groups in total. The molecule has 0 heterocycles. The van der Waals surface area contributed by atoms with Crippen LogP contribution >= 0.6 is 0 Å². The number of nitrogens with one attached hydrogen (secondary N) is 1. The van der Waals surface area contributed by atoms with Crippen molar-refractivity contribution in [3.63, 3.8) is 0 Å². The number of amides is 2. The van der Waals surface area contributed by atoms with Crippen LogP contribution in [0.5, 0.6) is 0 Å². The quantitative estimate of drug-likeness (QED) is 0.604. The standard InChI is InChI=1S/C8H16N2O3/c1-4-8(2,13-3)7(12)10-5-6(9)11/h4-5H2,1-3H3,(H2,9,11)(H,10,12). The summed E-state index contributed by atoms with van der Waals surface area (Å²) >= 11 is 0. The van der Waals surface area contributed by atoms with E-state index in [9.17, 15) is 9.59 Å². The first-order chi connectivity index (χ1) is 5.96. The molecule has 1 unspecified atom stereocenters. The summed E-state index contributed by atoms with van der Waals surface area (Å²) in [5, 5.41) is 2.39. The number of ether oxygens (including phenoxy) is 1. The molecule has 2 amide bonds. The predicted molar refractivity (Wildman–Crippen MR) is 47.9 cm³/mol. The first-order valence-electron chi connectivity index (χ1n) is 4.08. The minimum Gasteiger partial charge on any atom is -0.369 e. The van der Waals surface area contributed by atoms with Gasteiger partial charge in [-0.25, -0.2) is 0 Å². The van der Waals surface area contributed by atoms with Crippen LogP contribution in [0.2, 0.25) is 0 Å². The lowest BCUT2D eigenvalue weighted by molar-refractivity contribution is -0.142. The Hall–Kier alpha value is -1.10. The third-order valence-electron chi connectivity index (χ3n) is 2.03.